The topological polar surface area (TPSA) is 69.8 Å². The molecule has 0 bridgehead atoms. The number of carbonyl (C=O) groups is 1. The largest absolute Gasteiger partial charge is 0.346 e. The number of fused-ring (bicyclic) bond motifs is 1. The van der Waals surface area contributed by atoms with Crippen molar-refractivity contribution in [2.24, 2.45) is 0 Å². The third kappa shape index (κ3) is 3.99. The van der Waals surface area contributed by atoms with Crippen LogP contribution < -0.4 is 10.6 Å². The highest BCUT2D eigenvalue weighted by atomic mass is 16.2. The molecule has 0 radical (unpaired) electrons. The first-order valence-corrected chi connectivity index (χ1v) is 8.11. The standard InChI is InChI=1S/C20H20N4O/c1-13-4-5-14(2)18(12-13)24-20(25)23-15(3)6-7-16-8-10-21-19-17(16)9-11-22-19/h4-5,8-12,15H,1-3H3,(H,21,22)(H2,23,24,25). The second-order valence-electron chi connectivity index (χ2n) is 6.01. The van der Waals surface area contributed by atoms with Gasteiger partial charge in [-0.05, 0) is 50.1 Å². The summed E-state index contributed by atoms with van der Waals surface area (Å²) in [7, 11) is 0. The van der Waals surface area contributed by atoms with Crippen molar-refractivity contribution < 1.29 is 4.79 Å². The highest BCUT2D eigenvalue weighted by Crippen LogP contribution is 2.16. The number of aromatic nitrogens is 2. The van der Waals surface area contributed by atoms with Gasteiger partial charge in [0.1, 0.15) is 5.65 Å². The van der Waals surface area contributed by atoms with Gasteiger partial charge in [-0.1, -0.05) is 24.0 Å². The zero-order chi connectivity index (χ0) is 17.8. The molecule has 126 valence electrons. The fourth-order valence-corrected chi connectivity index (χ4v) is 2.52. The number of pyridine rings is 1. The summed E-state index contributed by atoms with van der Waals surface area (Å²) in [5.74, 6) is 6.17. The van der Waals surface area contributed by atoms with Crippen LogP contribution in [0.15, 0.2) is 42.7 Å². The lowest BCUT2D eigenvalue weighted by molar-refractivity contribution is 0.251. The van der Waals surface area contributed by atoms with Crippen LogP contribution >= 0.6 is 0 Å². The van der Waals surface area contributed by atoms with Crippen molar-refractivity contribution in [2.75, 3.05) is 5.32 Å². The molecule has 0 aliphatic carbocycles. The van der Waals surface area contributed by atoms with E-state index in [4.69, 9.17) is 0 Å². The Morgan fingerprint density at radius 1 is 1.24 bits per heavy atom. The first-order valence-electron chi connectivity index (χ1n) is 8.11. The maximum atomic E-state index is 12.2. The van der Waals surface area contributed by atoms with Gasteiger partial charge in [0, 0.05) is 29.0 Å². The number of anilines is 1. The SMILES string of the molecule is Cc1ccc(C)c(NC(=O)NC(C)C#Cc2ccnc3[nH]ccc23)c1. The maximum absolute atomic E-state index is 12.2. The van der Waals surface area contributed by atoms with Crippen LogP contribution in [0.3, 0.4) is 0 Å². The molecule has 1 unspecified atom stereocenters. The lowest BCUT2D eigenvalue weighted by Gasteiger charge is -2.12. The minimum Gasteiger partial charge on any atom is -0.346 e. The lowest BCUT2D eigenvalue weighted by Crippen LogP contribution is -2.35. The van der Waals surface area contributed by atoms with Gasteiger partial charge in [0.2, 0.25) is 0 Å². The molecule has 0 aliphatic rings. The van der Waals surface area contributed by atoms with Crippen molar-refractivity contribution in [3.05, 3.63) is 59.4 Å². The number of rotatable bonds is 2. The van der Waals surface area contributed by atoms with Crippen LogP contribution in [0, 0.1) is 25.7 Å². The van der Waals surface area contributed by atoms with E-state index in [1.807, 2.05) is 57.3 Å². The summed E-state index contributed by atoms with van der Waals surface area (Å²) in [5, 5.41) is 6.69. The summed E-state index contributed by atoms with van der Waals surface area (Å²) in [5.41, 5.74) is 4.61. The number of H-pyrrole nitrogens is 1. The molecule has 0 saturated heterocycles. The van der Waals surface area contributed by atoms with Crippen molar-refractivity contribution in [1.29, 1.82) is 0 Å². The number of hydrogen-bond acceptors (Lipinski definition) is 2. The molecule has 3 rings (SSSR count). The van der Waals surface area contributed by atoms with E-state index in [9.17, 15) is 4.79 Å². The Labute approximate surface area is 146 Å². The zero-order valence-corrected chi connectivity index (χ0v) is 14.5. The number of benzene rings is 1. The average Bonchev–Trinajstić information content (AvgIpc) is 3.05. The van der Waals surface area contributed by atoms with E-state index < -0.39 is 0 Å². The van der Waals surface area contributed by atoms with Crippen molar-refractivity contribution in [3.63, 3.8) is 0 Å². The van der Waals surface area contributed by atoms with Crippen LogP contribution in [0.2, 0.25) is 0 Å². The second kappa shape index (κ2) is 7.10. The van der Waals surface area contributed by atoms with E-state index in [1.54, 1.807) is 6.20 Å². The Hall–Kier alpha value is -3.26. The van der Waals surface area contributed by atoms with E-state index in [1.165, 1.54) is 0 Å². The number of nitrogens with one attached hydrogen (secondary N) is 3. The summed E-state index contributed by atoms with van der Waals surface area (Å²) in [4.78, 5) is 19.5. The number of nitrogens with zero attached hydrogens (tertiary/aromatic N) is 1. The fraction of sp³-hybridized carbons (Fsp3) is 0.200. The number of amides is 2. The normalized spacial score (nSPS) is 11.5. The minimum absolute atomic E-state index is 0.267. The van der Waals surface area contributed by atoms with E-state index in [0.717, 1.165) is 33.4 Å². The molecule has 0 aliphatic heterocycles. The van der Waals surface area contributed by atoms with E-state index in [2.05, 4.69) is 32.4 Å². The van der Waals surface area contributed by atoms with Crippen molar-refractivity contribution in [3.8, 4) is 11.8 Å². The monoisotopic (exact) mass is 332 g/mol. The van der Waals surface area contributed by atoms with E-state index >= 15 is 0 Å². The van der Waals surface area contributed by atoms with Gasteiger partial charge < -0.3 is 15.6 Å². The minimum atomic E-state index is -0.285. The van der Waals surface area contributed by atoms with Crippen molar-refractivity contribution in [1.82, 2.24) is 15.3 Å². The highest BCUT2D eigenvalue weighted by molar-refractivity contribution is 5.90. The number of aromatic amines is 1. The molecule has 3 aromatic rings. The molecule has 2 amide bonds. The van der Waals surface area contributed by atoms with Gasteiger partial charge in [-0.3, -0.25) is 0 Å². The van der Waals surface area contributed by atoms with Gasteiger partial charge in [-0.15, -0.1) is 0 Å². The highest BCUT2D eigenvalue weighted by Gasteiger charge is 2.07. The first-order chi connectivity index (χ1) is 12.0. The van der Waals surface area contributed by atoms with E-state index in [-0.39, 0.29) is 12.1 Å². The van der Waals surface area contributed by atoms with E-state index in [0.29, 0.717) is 0 Å². The molecule has 0 saturated carbocycles. The molecule has 1 atom stereocenters. The molecular formula is C20H20N4O. The summed E-state index contributed by atoms with van der Waals surface area (Å²) in [6, 6.07) is 9.21. The first kappa shape index (κ1) is 16.6. The molecule has 5 nitrogen and oxygen atoms in total. The van der Waals surface area contributed by atoms with Crippen LogP contribution in [-0.2, 0) is 0 Å². The molecule has 0 spiro atoms. The number of hydrogen-bond donors (Lipinski definition) is 3. The van der Waals surface area contributed by atoms with Crippen LogP contribution in [0.25, 0.3) is 11.0 Å². The van der Waals surface area contributed by atoms with Gasteiger partial charge in [0.05, 0.1) is 6.04 Å². The summed E-state index contributed by atoms with van der Waals surface area (Å²) in [6.45, 7) is 5.81. The van der Waals surface area contributed by atoms with Crippen molar-refractivity contribution >= 4 is 22.8 Å². The second-order valence-corrected chi connectivity index (χ2v) is 6.01. The molecule has 2 aromatic heterocycles. The molecule has 0 fully saturated rings. The Balaban J connectivity index is 1.67. The Kier molecular flexibility index (Phi) is 4.71. The maximum Gasteiger partial charge on any atom is 0.320 e. The number of aryl methyl sites for hydroxylation is 2. The summed E-state index contributed by atoms with van der Waals surface area (Å²) < 4.78 is 0. The third-order valence-electron chi connectivity index (χ3n) is 3.87. The average molecular weight is 332 g/mol. The fourth-order valence-electron chi connectivity index (χ4n) is 2.52. The van der Waals surface area contributed by atoms with Crippen molar-refractivity contribution in [2.45, 2.75) is 26.8 Å². The predicted molar refractivity (Wildman–Crippen MR) is 101 cm³/mol. The smallest absolute Gasteiger partial charge is 0.320 e. The quantitative estimate of drug-likeness (QED) is 0.626. The Morgan fingerprint density at radius 2 is 2.08 bits per heavy atom. The molecular weight excluding hydrogens is 312 g/mol. The molecule has 1 aromatic carbocycles. The van der Waals surface area contributed by atoms with Crippen LogP contribution in [0.4, 0.5) is 10.5 Å². The van der Waals surface area contributed by atoms with Crippen LogP contribution in [-0.4, -0.2) is 22.0 Å². The van der Waals surface area contributed by atoms with Gasteiger partial charge in [0.25, 0.3) is 0 Å². The summed E-state index contributed by atoms with van der Waals surface area (Å²) >= 11 is 0. The molecule has 25 heavy (non-hydrogen) atoms. The number of carbonyl (C=O) groups excluding carboxylic acids is 1. The lowest BCUT2D eigenvalue weighted by atomic mass is 10.1. The van der Waals surface area contributed by atoms with Gasteiger partial charge in [-0.25, -0.2) is 9.78 Å². The van der Waals surface area contributed by atoms with Gasteiger partial charge in [0.15, 0.2) is 0 Å². The zero-order valence-electron chi connectivity index (χ0n) is 14.5. The van der Waals surface area contributed by atoms with Crippen LogP contribution in [0.1, 0.15) is 23.6 Å². The predicted octanol–water partition coefficient (Wildman–Crippen LogP) is 3.74. The van der Waals surface area contributed by atoms with Crippen LogP contribution in [0.5, 0.6) is 0 Å². The Morgan fingerprint density at radius 3 is 2.92 bits per heavy atom. The molecule has 2 heterocycles. The molecule has 5 heteroatoms. The Bertz CT molecular complexity index is 978. The third-order valence-corrected chi connectivity index (χ3v) is 3.87. The molecule has 3 N–H and O–H groups in total. The van der Waals surface area contributed by atoms with Gasteiger partial charge in [-0.2, -0.15) is 0 Å². The summed E-state index contributed by atoms with van der Waals surface area (Å²) in [6.07, 6.45) is 3.55. The number of urea groups is 1. The van der Waals surface area contributed by atoms with Gasteiger partial charge >= 0.3 is 6.03 Å².